The van der Waals surface area contributed by atoms with E-state index in [0.717, 1.165) is 51.6 Å². The molecule has 6 heteroatoms. The van der Waals surface area contributed by atoms with Crippen LogP contribution < -0.4 is 10.1 Å². The molecular weight excluding hydrogens is 464 g/mol. The molecule has 1 aromatic heterocycles. The van der Waals surface area contributed by atoms with Gasteiger partial charge in [0.15, 0.2) is 0 Å². The third kappa shape index (κ3) is 5.87. The molecule has 1 fully saturated rings. The summed E-state index contributed by atoms with van der Waals surface area (Å²) in [5.41, 5.74) is 6.62. The number of Topliss-reactive ketones (excluding diaryl/α,β-unsaturated/α-hetero) is 1. The average Bonchev–Trinajstić information content (AvgIpc) is 3.76. The van der Waals surface area contributed by atoms with Crippen molar-refractivity contribution in [2.45, 2.75) is 32.2 Å². The lowest BCUT2D eigenvalue weighted by atomic mass is 9.92. The van der Waals surface area contributed by atoms with Crippen molar-refractivity contribution in [2.24, 2.45) is 5.92 Å². The molecule has 1 aliphatic carbocycles. The van der Waals surface area contributed by atoms with Gasteiger partial charge in [-0.05, 0) is 71.0 Å². The van der Waals surface area contributed by atoms with Crippen molar-refractivity contribution in [2.75, 3.05) is 13.7 Å². The fraction of sp³-hybridized carbons (Fsp3) is 0.258. The Morgan fingerprint density at radius 2 is 1.81 bits per heavy atom. The number of benzene rings is 3. The largest absolute Gasteiger partial charge is 0.496 e. The summed E-state index contributed by atoms with van der Waals surface area (Å²) in [6, 6.07) is 22.0. The number of aliphatic carboxylic acids is 1. The van der Waals surface area contributed by atoms with Crippen molar-refractivity contribution in [1.82, 2.24) is 10.3 Å². The first-order chi connectivity index (χ1) is 18.0. The maximum atomic E-state index is 12.1. The van der Waals surface area contributed by atoms with E-state index in [9.17, 15) is 14.7 Å². The van der Waals surface area contributed by atoms with Crippen molar-refractivity contribution in [1.29, 1.82) is 0 Å². The fourth-order valence-electron chi connectivity index (χ4n) is 4.72. The first-order valence-electron chi connectivity index (χ1n) is 12.6. The lowest BCUT2D eigenvalue weighted by Crippen LogP contribution is -2.19. The van der Waals surface area contributed by atoms with Crippen LogP contribution in [0.5, 0.6) is 5.75 Å². The van der Waals surface area contributed by atoms with Crippen molar-refractivity contribution >= 4 is 22.7 Å². The van der Waals surface area contributed by atoms with E-state index in [1.165, 1.54) is 0 Å². The standard InChI is InChI=1S/C31H30N2O4/c1-37-30-11-4-20(16-31(35)36)15-27(30)26-10-9-23(24-8-5-21-3-2-13-33-28(21)18-24)17-25(26)19-32-14-12-29(34)22-6-7-22/h2-5,8-11,13,15,17-18,22,32H,6-7,12,14,16,19H2,1H3,(H,35,36). The highest BCUT2D eigenvalue weighted by atomic mass is 16.5. The quantitative estimate of drug-likeness (QED) is 0.262. The van der Waals surface area contributed by atoms with Crippen LogP contribution in [0.25, 0.3) is 33.2 Å². The van der Waals surface area contributed by atoms with E-state index in [-0.39, 0.29) is 12.3 Å². The Morgan fingerprint density at radius 3 is 2.59 bits per heavy atom. The molecule has 6 nitrogen and oxygen atoms in total. The normalized spacial score (nSPS) is 13.0. The van der Waals surface area contributed by atoms with Crippen LogP contribution in [0, 0.1) is 5.92 Å². The van der Waals surface area contributed by atoms with Gasteiger partial charge in [0, 0.05) is 42.6 Å². The summed E-state index contributed by atoms with van der Waals surface area (Å²) in [6.07, 6.45) is 4.32. The zero-order valence-corrected chi connectivity index (χ0v) is 20.9. The van der Waals surface area contributed by atoms with Gasteiger partial charge in [0.1, 0.15) is 11.5 Å². The summed E-state index contributed by atoms with van der Waals surface area (Å²) in [6.45, 7) is 1.19. The van der Waals surface area contributed by atoms with Crippen LogP contribution in [0.1, 0.15) is 30.4 Å². The van der Waals surface area contributed by atoms with E-state index < -0.39 is 5.97 Å². The van der Waals surface area contributed by atoms with Gasteiger partial charge in [0.2, 0.25) is 0 Å². The fourth-order valence-corrected chi connectivity index (χ4v) is 4.72. The monoisotopic (exact) mass is 494 g/mol. The molecule has 0 amide bonds. The second kappa shape index (κ2) is 10.9. The van der Waals surface area contributed by atoms with Gasteiger partial charge >= 0.3 is 5.97 Å². The van der Waals surface area contributed by atoms with Gasteiger partial charge < -0.3 is 15.2 Å². The molecule has 1 aliphatic rings. The van der Waals surface area contributed by atoms with Crippen LogP contribution in [0.4, 0.5) is 0 Å². The SMILES string of the molecule is COc1ccc(CC(=O)O)cc1-c1ccc(-c2ccc3cccnc3c2)cc1CNCCC(=O)C1CC1. The molecule has 1 heterocycles. The number of nitrogens with zero attached hydrogens (tertiary/aromatic N) is 1. The molecule has 5 rings (SSSR count). The lowest BCUT2D eigenvalue weighted by Gasteiger charge is -2.17. The molecule has 0 aliphatic heterocycles. The Labute approximate surface area is 216 Å². The Hall–Kier alpha value is -4.03. The number of rotatable bonds is 11. The summed E-state index contributed by atoms with van der Waals surface area (Å²) < 4.78 is 5.65. The van der Waals surface area contributed by atoms with Gasteiger partial charge in [-0.3, -0.25) is 14.6 Å². The van der Waals surface area contributed by atoms with E-state index in [4.69, 9.17) is 4.74 Å². The minimum Gasteiger partial charge on any atom is -0.496 e. The van der Waals surface area contributed by atoms with Crippen molar-refractivity contribution in [3.8, 4) is 28.0 Å². The highest BCUT2D eigenvalue weighted by Crippen LogP contribution is 2.36. The number of pyridine rings is 1. The van der Waals surface area contributed by atoms with Crippen LogP contribution in [0.15, 0.2) is 72.9 Å². The summed E-state index contributed by atoms with van der Waals surface area (Å²) in [7, 11) is 1.62. The van der Waals surface area contributed by atoms with Crippen molar-refractivity contribution in [3.63, 3.8) is 0 Å². The zero-order valence-electron chi connectivity index (χ0n) is 20.9. The van der Waals surface area contributed by atoms with Gasteiger partial charge in [-0.2, -0.15) is 0 Å². The second-order valence-corrected chi connectivity index (χ2v) is 9.56. The Kier molecular flexibility index (Phi) is 7.28. The highest BCUT2D eigenvalue weighted by molar-refractivity contribution is 5.86. The molecule has 0 atom stereocenters. The first kappa shape index (κ1) is 24.7. The lowest BCUT2D eigenvalue weighted by molar-refractivity contribution is -0.136. The number of hydrogen-bond acceptors (Lipinski definition) is 5. The second-order valence-electron chi connectivity index (χ2n) is 9.56. The summed E-state index contributed by atoms with van der Waals surface area (Å²) in [4.78, 5) is 28.0. The third-order valence-corrected chi connectivity index (χ3v) is 6.85. The molecule has 1 saturated carbocycles. The number of carbonyl (C=O) groups is 2. The van der Waals surface area contributed by atoms with Crippen LogP contribution in [-0.4, -0.2) is 35.5 Å². The highest BCUT2D eigenvalue weighted by Gasteiger charge is 2.28. The van der Waals surface area contributed by atoms with Crippen LogP contribution in [0.2, 0.25) is 0 Å². The van der Waals surface area contributed by atoms with Crippen molar-refractivity contribution in [3.05, 3.63) is 84.1 Å². The topological polar surface area (TPSA) is 88.5 Å². The summed E-state index contributed by atoms with van der Waals surface area (Å²) in [5, 5.41) is 13.8. The smallest absolute Gasteiger partial charge is 0.307 e. The number of fused-ring (bicyclic) bond motifs is 1. The maximum Gasteiger partial charge on any atom is 0.307 e. The first-order valence-corrected chi connectivity index (χ1v) is 12.6. The number of carboxylic acids is 1. The van der Waals surface area contributed by atoms with Gasteiger partial charge in [0.05, 0.1) is 19.0 Å². The Balaban J connectivity index is 1.50. The molecular formula is C31H30N2O4. The number of ether oxygens (including phenoxy) is 1. The molecule has 0 radical (unpaired) electrons. The third-order valence-electron chi connectivity index (χ3n) is 6.85. The predicted molar refractivity (Wildman–Crippen MR) is 145 cm³/mol. The molecule has 0 saturated heterocycles. The van der Waals surface area contributed by atoms with Crippen molar-refractivity contribution < 1.29 is 19.4 Å². The van der Waals surface area contributed by atoms with Crippen LogP contribution >= 0.6 is 0 Å². The molecule has 37 heavy (non-hydrogen) atoms. The summed E-state index contributed by atoms with van der Waals surface area (Å²) in [5.74, 6) is 0.414. The number of hydrogen-bond donors (Lipinski definition) is 2. The number of carboxylic acid groups (broad SMARTS) is 1. The van der Waals surface area contributed by atoms with E-state index in [2.05, 4.69) is 46.7 Å². The van der Waals surface area contributed by atoms with E-state index in [0.29, 0.717) is 36.6 Å². The van der Waals surface area contributed by atoms with E-state index >= 15 is 0 Å². The van der Waals surface area contributed by atoms with Crippen LogP contribution in [-0.2, 0) is 22.6 Å². The molecule has 2 N–H and O–H groups in total. The van der Waals surface area contributed by atoms with E-state index in [1.807, 2.05) is 24.3 Å². The maximum absolute atomic E-state index is 12.1. The molecule has 188 valence electrons. The number of aromatic nitrogens is 1. The molecule has 0 bridgehead atoms. The molecule has 3 aromatic carbocycles. The van der Waals surface area contributed by atoms with Gasteiger partial charge in [0.25, 0.3) is 0 Å². The average molecular weight is 495 g/mol. The Morgan fingerprint density at radius 1 is 1.00 bits per heavy atom. The minimum atomic E-state index is -0.876. The minimum absolute atomic E-state index is 0.0595. The number of ketones is 1. The number of carbonyl (C=O) groups excluding carboxylic acids is 1. The van der Waals surface area contributed by atoms with Gasteiger partial charge in [-0.1, -0.05) is 36.4 Å². The zero-order chi connectivity index (χ0) is 25.8. The number of methoxy groups -OCH3 is 1. The predicted octanol–water partition coefficient (Wildman–Crippen LogP) is 5.66. The van der Waals surface area contributed by atoms with Crippen LogP contribution in [0.3, 0.4) is 0 Å². The molecule has 0 spiro atoms. The number of nitrogens with one attached hydrogen (secondary N) is 1. The van der Waals surface area contributed by atoms with Gasteiger partial charge in [-0.15, -0.1) is 0 Å². The molecule has 4 aromatic rings. The van der Waals surface area contributed by atoms with Gasteiger partial charge in [-0.25, -0.2) is 0 Å². The molecule has 0 unspecified atom stereocenters. The summed E-state index contributed by atoms with van der Waals surface area (Å²) >= 11 is 0. The van der Waals surface area contributed by atoms with E-state index in [1.54, 1.807) is 19.4 Å². The Bertz CT molecular complexity index is 1460.